The third kappa shape index (κ3) is 5.27. The van der Waals surface area contributed by atoms with E-state index < -0.39 is 22.0 Å². The van der Waals surface area contributed by atoms with Crippen LogP contribution in [0.2, 0.25) is 10.0 Å². The van der Waals surface area contributed by atoms with Crippen molar-refractivity contribution in [2.24, 2.45) is 0 Å². The van der Waals surface area contributed by atoms with E-state index in [1.165, 1.54) is 7.05 Å². The van der Waals surface area contributed by atoms with Gasteiger partial charge in [0.1, 0.15) is 5.75 Å². The second-order valence-corrected chi connectivity index (χ2v) is 8.46. The molecule has 0 radical (unpaired) electrons. The number of benzene rings is 2. The number of hydrogen-bond donors (Lipinski definition) is 1. The number of carbonyl (C=O) groups is 1. The summed E-state index contributed by atoms with van der Waals surface area (Å²) in [5.74, 6) is 0.0296. The molecule has 0 unspecified atom stereocenters. The first kappa shape index (κ1) is 20.4. The maximum absolute atomic E-state index is 12.3. The predicted molar refractivity (Wildman–Crippen MR) is 105 cm³/mol. The van der Waals surface area contributed by atoms with E-state index in [1.807, 2.05) is 0 Å². The summed E-state index contributed by atoms with van der Waals surface area (Å²) in [7, 11) is -1.89. The Morgan fingerprint density at radius 3 is 2.35 bits per heavy atom. The van der Waals surface area contributed by atoms with Gasteiger partial charge >= 0.3 is 0 Å². The monoisotopic (exact) mass is 416 g/mol. The fourth-order valence-electron chi connectivity index (χ4n) is 2.01. The Morgan fingerprint density at radius 2 is 1.77 bits per heavy atom. The molecule has 0 heterocycles. The van der Waals surface area contributed by atoms with E-state index >= 15 is 0 Å². The average Bonchev–Trinajstić information content (AvgIpc) is 2.57. The number of ether oxygens (including phenoxy) is 1. The second kappa shape index (κ2) is 8.16. The first-order chi connectivity index (χ1) is 12.1. The Kier molecular flexibility index (Phi) is 6.39. The van der Waals surface area contributed by atoms with Crippen molar-refractivity contribution < 1.29 is 17.9 Å². The number of nitrogens with zero attached hydrogens (tertiary/aromatic N) is 1. The van der Waals surface area contributed by atoms with Crippen LogP contribution in [0.1, 0.15) is 6.92 Å². The zero-order valence-electron chi connectivity index (χ0n) is 14.4. The number of carbonyl (C=O) groups excluding carboxylic acids is 1. The fraction of sp³-hybridized carbons (Fsp3) is 0.235. The standard InChI is InChI=1S/C17H18Cl2N2O4S/c1-11(17(22)20-16-10-12(18)4-9-15(16)19)25-14-7-5-13(6-8-14)21(2)26(3,23)24/h4-11H,1-3H3,(H,20,22)/t11-/m1/s1. The molecule has 0 saturated carbocycles. The molecule has 6 nitrogen and oxygen atoms in total. The maximum atomic E-state index is 12.3. The van der Waals surface area contributed by atoms with E-state index in [0.29, 0.717) is 27.2 Å². The number of sulfonamides is 1. The number of amides is 1. The lowest BCUT2D eigenvalue weighted by Crippen LogP contribution is -2.30. The molecule has 0 spiro atoms. The summed E-state index contributed by atoms with van der Waals surface area (Å²) >= 11 is 11.9. The van der Waals surface area contributed by atoms with Crippen LogP contribution in [-0.2, 0) is 14.8 Å². The Bertz CT molecular complexity index is 901. The highest BCUT2D eigenvalue weighted by Gasteiger charge is 2.17. The Morgan fingerprint density at radius 1 is 1.15 bits per heavy atom. The normalized spacial score (nSPS) is 12.3. The quantitative estimate of drug-likeness (QED) is 0.776. The number of rotatable bonds is 6. The summed E-state index contributed by atoms with van der Waals surface area (Å²) in [5, 5.41) is 3.46. The van der Waals surface area contributed by atoms with Crippen LogP contribution < -0.4 is 14.4 Å². The van der Waals surface area contributed by atoms with Crippen LogP contribution in [0.4, 0.5) is 11.4 Å². The lowest BCUT2D eigenvalue weighted by atomic mass is 10.2. The van der Waals surface area contributed by atoms with Gasteiger partial charge in [-0.05, 0) is 49.4 Å². The van der Waals surface area contributed by atoms with Gasteiger partial charge in [-0.3, -0.25) is 9.10 Å². The minimum absolute atomic E-state index is 0.364. The molecule has 1 N–H and O–H groups in total. The molecule has 0 aliphatic heterocycles. The minimum Gasteiger partial charge on any atom is -0.481 e. The zero-order chi connectivity index (χ0) is 19.5. The van der Waals surface area contributed by atoms with E-state index in [9.17, 15) is 13.2 Å². The summed E-state index contributed by atoms with van der Waals surface area (Å²) in [5.41, 5.74) is 0.882. The van der Waals surface area contributed by atoms with Crippen molar-refractivity contribution in [3.63, 3.8) is 0 Å². The minimum atomic E-state index is -3.34. The molecule has 2 rings (SSSR count). The number of nitrogens with one attached hydrogen (secondary N) is 1. The van der Waals surface area contributed by atoms with Gasteiger partial charge in [0.2, 0.25) is 10.0 Å². The molecule has 0 bridgehead atoms. The smallest absolute Gasteiger partial charge is 0.265 e. The van der Waals surface area contributed by atoms with E-state index in [-0.39, 0.29) is 0 Å². The number of anilines is 2. The molecule has 0 aromatic heterocycles. The highest BCUT2D eigenvalue weighted by atomic mass is 35.5. The van der Waals surface area contributed by atoms with Crippen molar-refractivity contribution in [2.45, 2.75) is 13.0 Å². The second-order valence-electron chi connectivity index (χ2n) is 5.60. The third-order valence-corrected chi connectivity index (χ3v) is 5.34. The molecule has 0 aliphatic carbocycles. The van der Waals surface area contributed by atoms with Gasteiger partial charge in [-0.2, -0.15) is 0 Å². The SMILES string of the molecule is C[C@@H](Oc1ccc(N(C)S(C)(=O)=O)cc1)C(=O)Nc1cc(Cl)ccc1Cl. The highest BCUT2D eigenvalue weighted by molar-refractivity contribution is 7.92. The first-order valence-corrected chi connectivity index (χ1v) is 10.1. The molecule has 1 atom stereocenters. The van der Waals surface area contributed by atoms with Crippen LogP contribution in [-0.4, -0.2) is 33.7 Å². The summed E-state index contributed by atoms with van der Waals surface area (Å²) in [4.78, 5) is 12.3. The summed E-state index contributed by atoms with van der Waals surface area (Å²) < 4.78 is 29.8. The van der Waals surface area contributed by atoms with E-state index in [0.717, 1.165) is 10.6 Å². The van der Waals surface area contributed by atoms with Crippen molar-refractivity contribution in [3.8, 4) is 5.75 Å². The molecule has 0 fully saturated rings. The molecular weight excluding hydrogens is 399 g/mol. The van der Waals surface area contributed by atoms with Gasteiger partial charge in [-0.1, -0.05) is 23.2 Å². The lowest BCUT2D eigenvalue weighted by molar-refractivity contribution is -0.122. The first-order valence-electron chi connectivity index (χ1n) is 7.54. The van der Waals surface area contributed by atoms with Crippen LogP contribution in [0, 0.1) is 0 Å². The van der Waals surface area contributed by atoms with Crippen molar-refractivity contribution in [1.82, 2.24) is 0 Å². The molecule has 1 amide bonds. The van der Waals surface area contributed by atoms with Gasteiger partial charge in [0, 0.05) is 12.1 Å². The zero-order valence-corrected chi connectivity index (χ0v) is 16.7. The topological polar surface area (TPSA) is 75.7 Å². The lowest BCUT2D eigenvalue weighted by Gasteiger charge is -2.18. The number of hydrogen-bond acceptors (Lipinski definition) is 4. The number of halogens is 2. The summed E-state index contributed by atoms with van der Waals surface area (Å²) in [6, 6.07) is 11.1. The van der Waals surface area contributed by atoms with Crippen LogP contribution in [0.5, 0.6) is 5.75 Å². The third-order valence-electron chi connectivity index (χ3n) is 3.57. The Labute approximate surface area is 162 Å². The van der Waals surface area contributed by atoms with Gasteiger partial charge in [-0.15, -0.1) is 0 Å². The molecule has 0 saturated heterocycles. The van der Waals surface area contributed by atoms with Crippen molar-refractivity contribution in [2.75, 3.05) is 22.9 Å². The van der Waals surface area contributed by atoms with Gasteiger partial charge in [0.15, 0.2) is 6.10 Å². The van der Waals surface area contributed by atoms with Gasteiger partial charge in [-0.25, -0.2) is 8.42 Å². The molecule has 140 valence electrons. The van der Waals surface area contributed by atoms with Crippen LogP contribution in [0.3, 0.4) is 0 Å². The highest BCUT2D eigenvalue weighted by Crippen LogP contribution is 2.26. The van der Waals surface area contributed by atoms with Crippen LogP contribution in [0.15, 0.2) is 42.5 Å². The van der Waals surface area contributed by atoms with Crippen LogP contribution in [0.25, 0.3) is 0 Å². The maximum Gasteiger partial charge on any atom is 0.265 e. The Hall–Kier alpha value is -1.96. The average molecular weight is 417 g/mol. The molecule has 2 aromatic carbocycles. The van der Waals surface area contributed by atoms with E-state index in [4.69, 9.17) is 27.9 Å². The largest absolute Gasteiger partial charge is 0.481 e. The van der Waals surface area contributed by atoms with Crippen molar-refractivity contribution in [1.29, 1.82) is 0 Å². The predicted octanol–water partition coefficient (Wildman–Crippen LogP) is 3.80. The van der Waals surface area contributed by atoms with E-state index in [1.54, 1.807) is 49.4 Å². The van der Waals surface area contributed by atoms with Crippen molar-refractivity contribution >= 4 is 50.5 Å². The van der Waals surface area contributed by atoms with Gasteiger partial charge < -0.3 is 10.1 Å². The molecular formula is C17H18Cl2N2O4S. The Balaban J connectivity index is 2.04. The van der Waals surface area contributed by atoms with E-state index in [2.05, 4.69) is 5.32 Å². The van der Waals surface area contributed by atoms with Gasteiger partial charge in [0.25, 0.3) is 5.91 Å². The van der Waals surface area contributed by atoms with Crippen molar-refractivity contribution in [3.05, 3.63) is 52.5 Å². The molecule has 0 aliphatic rings. The summed E-state index contributed by atoms with van der Waals surface area (Å²) in [6.45, 7) is 1.59. The summed E-state index contributed by atoms with van der Waals surface area (Å²) in [6.07, 6.45) is 0.314. The van der Waals surface area contributed by atoms with Gasteiger partial charge in [0.05, 0.1) is 22.7 Å². The molecule has 2 aromatic rings. The molecule has 9 heteroatoms. The molecule has 26 heavy (non-hydrogen) atoms. The fourth-order valence-corrected chi connectivity index (χ4v) is 2.85. The van der Waals surface area contributed by atoms with Crippen LogP contribution >= 0.6 is 23.2 Å².